The van der Waals surface area contributed by atoms with Crippen LogP contribution in [0.15, 0.2) is 66.7 Å². The highest BCUT2D eigenvalue weighted by molar-refractivity contribution is 6.31. The standard InChI is InChI=1S/C24H25ClN4O2.C8H10O/c25-17-3-6-22-21(13-17)20-9-12-29(15-31)24(23(20)27-22)16-1-4-18(5-2-16)26-19-7-10-28(14-30)11-8-19;1-7-3-5-8(9-2)6-4-7/h1-6,13-15,19,24,26-27H,7-12H2;3-6H,1-2H3. The fourth-order valence-corrected chi connectivity index (χ4v) is 5.74. The number of aromatic amines is 1. The lowest BCUT2D eigenvalue weighted by molar-refractivity contribution is -0.120. The van der Waals surface area contributed by atoms with Gasteiger partial charge in [0.2, 0.25) is 12.8 Å². The highest BCUT2D eigenvalue weighted by atomic mass is 35.5. The van der Waals surface area contributed by atoms with E-state index in [9.17, 15) is 9.59 Å². The summed E-state index contributed by atoms with van der Waals surface area (Å²) in [5.41, 5.74) is 6.75. The SMILES string of the molecule is COc1ccc(C)cc1.O=CN1CCC(Nc2ccc(C3c4[nH]c5ccc(Cl)cc5c4CCN3C=O)cc2)CC1. The number of anilines is 1. The monoisotopic (exact) mass is 558 g/mol. The predicted octanol–water partition coefficient (Wildman–Crippen LogP) is 5.96. The molecule has 1 fully saturated rings. The molecular formula is C32H35ClN4O3. The van der Waals surface area contributed by atoms with Gasteiger partial charge in [0.1, 0.15) is 5.75 Å². The molecule has 0 radical (unpaired) electrons. The van der Waals surface area contributed by atoms with Crippen LogP contribution >= 0.6 is 11.6 Å². The van der Waals surface area contributed by atoms with Crippen LogP contribution in [0.4, 0.5) is 5.69 Å². The number of hydrogen-bond donors (Lipinski definition) is 2. The Kier molecular flexibility index (Phi) is 8.60. The Morgan fingerprint density at radius 3 is 2.33 bits per heavy atom. The number of rotatable bonds is 6. The van der Waals surface area contributed by atoms with Gasteiger partial charge in [-0.3, -0.25) is 9.59 Å². The molecule has 6 rings (SSSR count). The number of ether oxygens (including phenoxy) is 1. The van der Waals surface area contributed by atoms with Crippen molar-refractivity contribution in [1.82, 2.24) is 14.8 Å². The maximum atomic E-state index is 11.9. The van der Waals surface area contributed by atoms with Gasteiger partial charge in [-0.05, 0) is 79.8 Å². The van der Waals surface area contributed by atoms with E-state index in [1.54, 1.807) is 7.11 Å². The molecule has 40 heavy (non-hydrogen) atoms. The summed E-state index contributed by atoms with van der Waals surface area (Å²) in [4.78, 5) is 30.0. The summed E-state index contributed by atoms with van der Waals surface area (Å²) in [7, 11) is 1.67. The van der Waals surface area contributed by atoms with Crippen molar-refractivity contribution in [3.8, 4) is 5.75 Å². The summed E-state index contributed by atoms with van der Waals surface area (Å²) >= 11 is 6.23. The average Bonchev–Trinajstić information content (AvgIpc) is 3.36. The molecule has 1 unspecified atom stereocenters. The van der Waals surface area contributed by atoms with Crippen LogP contribution in [-0.4, -0.2) is 60.4 Å². The molecule has 1 atom stereocenters. The Bertz CT molecular complexity index is 1440. The van der Waals surface area contributed by atoms with Crippen molar-refractivity contribution in [2.75, 3.05) is 32.1 Å². The number of carbonyl (C=O) groups excluding carboxylic acids is 2. The average molecular weight is 559 g/mol. The zero-order valence-corrected chi connectivity index (χ0v) is 23.7. The van der Waals surface area contributed by atoms with Crippen LogP contribution in [0.1, 0.15) is 41.3 Å². The number of methoxy groups -OCH3 is 1. The van der Waals surface area contributed by atoms with Crippen molar-refractivity contribution in [2.45, 2.75) is 38.3 Å². The van der Waals surface area contributed by atoms with E-state index in [2.05, 4.69) is 41.5 Å². The second-order valence-electron chi connectivity index (χ2n) is 10.4. The number of likely N-dealkylation sites (tertiary alicyclic amines) is 1. The second kappa shape index (κ2) is 12.5. The number of aryl methyl sites for hydroxylation is 1. The summed E-state index contributed by atoms with van der Waals surface area (Å²) < 4.78 is 4.97. The molecule has 2 N–H and O–H groups in total. The lowest BCUT2D eigenvalue weighted by Crippen LogP contribution is -2.38. The molecule has 7 nitrogen and oxygen atoms in total. The zero-order chi connectivity index (χ0) is 28.1. The normalized spacial score (nSPS) is 17.0. The second-order valence-corrected chi connectivity index (χ2v) is 10.8. The first-order valence-corrected chi connectivity index (χ1v) is 14.0. The van der Waals surface area contributed by atoms with Crippen LogP contribution in [0.2, 0.25) is 5.02 Å². The molecule has 2 aliphatic rings. The van der Waals surface area contributed by atoms with Gasteiger partial charge in [0.25, 0.3) is 0 Å². The molecule has 208 valence electrons. The summed E-state index contributed by atoms with van der Waals surface area (Å²) in [6.45, 7) is 4.32. The highest BCUT2D eigenvalue weighted by Crippen LogP contribution is 2.38. The lowest BCUT2D eigenvalue weighted by atomic mass is 9.92. The minimum Gasteiger partial charge on any atom is -0.497 e. The number of nitrogens with zero attached hydrogens (tertiary/aromatic N) is 2. The minimum absolute atomic E-state index is 0.141. The smallest absolute Gasteiger partial charge is 0.210 e. The third kappa shape index (κ3) is 6.10. The number of amides is 2. The van der Waals surface area contributed by atoms with Gasteiger partial charge < -0.3 is 24.8 Å². The minimum atomic E-state index is -0.141. The van der Waals surface area contributed by atoms with E-state index in [0.29, 0.717) is 12.6 Å². The molecule has 1 saturated heterocycles. The van der Waals surface area contributed by atoms with Crippen molar-refractivity contribution in [1.29, 1.82) is 0 Å². The third-order valence-electron chi connectivity index (χ3n) is 7.79. The molecule has 0 aliphatic carbocycles. The van der Waals surface area contributed by atoms with Crippen molar-refractivity contribution in [3.63, 3.8) is 0 Å². The molecule has 0 bridgehead atoms. The largest absolute Gasteiger partial charge is 0.497 e. The third-order valence-corrected chi connectivity index (χ3v) is 8.03. The Labute approximate surface area is 240 Å². The molecule has 0 spiro atoms. The maximum absolute atomic E-state index is 11.9. The van der Waals surface area contributed by atoms with Crippen molar-refractivity contribution >= 4 is 41.0 Å². The Morgan fingerprint density at radius 2 is 1.68 bits per heavy atom. The van der Waals surface area contributed by atoms with Crippen LogP contribution in [-0.2, 0) is 16.0 Å². The van der Waals surface area contributed by atoms with Crippen LogP contribution in [0.5, 0.6) is 5.75 Å². The molecule has 2 aliphatic heterocycles. The Morgan fingerprint density at radius 1 is 0.950 bits per heavy atom. The van der Waals surface area contributed by atoms with E-state index in [1.807, 2.05) is 52.3 Å². The van der Waals surface area contributed by atoms with Gasteiger partial charge >= 0.3 is 0 Å². The number of carbonyl (C=O) groups is 2. The molecule has 3 heterocycles. The van der Waals surface area contributed by atoms with Crippen molar-refractivity contribution < 1.29 is 14.3 Å². The predicted molar refractivity (Wildman–Crippen MR) is 160 cm³/mol. The topological polar surface area (TPSA) is 77.7 Å². The fourth-order valence-electron chi connectivity index (χ4n) is 5.57. The van der Waals surface area contributed by atoms with Crippen LogP contribution in [0.25, 0.3) is 10.9 Å². The van der Waals surface area contributed by atoms with E-state index < -0.39 is 0 Å². The first-order chi connectivity index (χ1) is 19.5. The number of nitrogens with one attached hydrogen (secondary N) is 2. The van der Waals surface area contributed by atoms with Crippen molar-refractivity contribution in [3.05, 3.63) is 94.1 Å². The van der Waals surface area contributed by atoms with Crippen LogP contribution < -0.4 is 10.1 Å². The molecule has 1 aromatic heterocycles. The van der Waals surface area contributed by atoms with Gasteiger partial charge in [-0.25, -0.2) is 0 Å². The van der Waals surface area contributed by atoms with E-state index in [1.165, 1.54) is 11.1 Å². The summed E-state index contributed by atoms with van der Waals surface area (Å²) in [5, 5.41) is 5.44. The van der Waals surface area contributed by atoms with Crippen LogP contribution in [0.3, 0.4) is 0 Å². The Balaban J connectivity index is 0.000000306. The number of piperidine rings is 1. The molecule has 2 amide bonds. The fraction of sp³-hybridized carbons (Fsp3) is 0.312. The number of halogens is 1. The van der Waals surface area contributed by atoms with Gasteiger partial charge in [0.05, 0.1) is 13.2 Å². The highest BCUT2D eigenvalue weighted by Gasteiger charge is 2.31. The van der Waals surface area contributed by atoms with Gasteiger partial charge in [0.15, 0.2) is 0 Å². The first-order valence-electron chi connectivity index (χ1n) is 13.7. The number of hydrogen-bond acceptors (Lipinski definition) is 4. The van der Waals surface area contributed by atoms with Crippen molar-refractivity contribution in [2.24, 2.45) is 0 Å². The first kappa shape index (κ1) is 27.6. The van der Waals surface area contributed by atoms with Gasteiger partial charge in [-0.15, -0.1) is 0 Å². The molecule has 8 heteroatoms. The van der Waals surface area contributed by atoms with Gasteiger partial charge in [0, 0.05) is 53.0 Å². The van der Waals surface area contributed by atoms with E-state index in [4.69, 9.17) is 16.3 Å². The van der Waals surface area contributed by atoms with Gasteiger partial charge in [-0.1, -0.05) is 41.4 Å². The molecule has 4 aromatic rings. The maximum Gasteiger partial charge on any atom is 0.210 e. The number of H-pyrrole nitrogens is 1. The van der Waals surface area contributed by atoms with Crippen LogP contribution in [0, 0.1) is 6.92 Å². The molecule has 0 saturated carbocycles. The molecular weight excluding hydrogens is 524 g/mol. The quantitative estimate of drug-likeness (QED) is 0.286. The summed E-state index contributed by atoms with van der Waals surface area (Å²) in [6.07, 6.45) is 4.58. The summed E-state index contributed by atoms with van der Waals surface area (Å²) in [5.74, 6) is 0.917. The Hall–Kier alpha value is -3.97. The number of fused-ring (bicyclic) bond motifs is 3. The van der Waals surface area contributed by atoms with Gasteiger partial charge in [-0.2, -0.15) is 0 Å². The number of aromatic nitrogens is 1. The summed E-state index contributed by atoms with van der Waals surface area (Å²) in [6, 6.07) is 22.4. The number of benzene rings is 3. The van der Waals surface area contributed by atoms with E-state index in [-0.39, 0.29) is 6.04 Å². The zero-order valence-electron chi connectivity index (χ0n) is 22.9. The lowest BCUT2D eigenvalue weighted by Gasteiger charge is -2.33. The van der Waals surface area contributed by atoms with E-state index in [0.717, 1.165) is 83.8 Å². The van der Waals surface area contributed by atoms with E-state index >= 15 is 0 Å². The molecule has 3 aromatic carbocycles.